The normalized spacial score (nSPS) is 10.7. The topological polar surface area (TPSA) is 100 Å². The summed E-state index contributed by atoms with van der Waals surface area (Å²) in [4.78, 5) is 26.8. The molecule has 0 saturated heterocycles. The average Bonchev–Trinajstić information content (AvgIpc) is 3.01. The minimum Gasteiger partial charge on any atom is -0.398 e. The summed E-state index contributed by atoms with van der Waals surface area (Å²) in [6.07, 6.45) is 0. The number of benzene rings is 1. The Labute approximate surface area is 138 Å². The third kappa shape index (κ3) is 3.13. The van der Waals surface area contributed by atoms with Crippen molar-refractivity contribution in [1.29, 1.82) is 0 Å². The highest BCUT2D eigenvalue weighted by atomic mass is 35.5. The Morgan fingerprint density at radius 2 is 1.91 bits per heavy atom. The van der Waals surface area contributed by atoms with Crippen LogP contribution in [0.1, 0.15) is 20.8 Å². The van der Waals surface area contributed by atoms with E-state index >= 15 is 0 Å². The van der Waals surface area contributed by atoms with Gasteiger partial charge in [0.05, 0.1) is 20.1 Å². The summed E-state index contributed by atoms with van der Waals surface area (Å²) in [6, 6.07) is 6.70. The quantitative estimate of drug-likeness (QED) is 0.421. The molecule has 0 spiro atoms. The Hall–Kier alpha value is -2.58. The van der Waals surface area contributed by atoms with Crippen LogP contribution in [-0.2, 0) is 0 Å². The summed E-state index contributed by atoms with van der Waals surface area (Å²) in [5.74, 6) is -1.72. The first-order chi connectivity index (χ1) is 10.9. The smallest absolute Gasteiger partial charge is 0.286 e. The van der Waals surface area contributed by atoms with E-state index in [4.69, 9.17) is 17.3 Å². The number of halogens is 2. The molecule has 0 atom stereocenters. The van der Waals surface area contributed by atoms with Gasteiger partial charge < -0.3 is 10.7 Å². The maximum absolute atomic E-state index is 13.0. The second-order valence-electron chi connectivity index (χ2n) is 4.65. The van der Waals surface area contributed by atoms with Gasteiger partial charge in [0.25, 0.3) is 11.8 Å². The Balaban J connectivity index is 1.68. The van der Waals surface area contributed by atoms with Gasteiger partial charge in [-0.1, -0.05) is 11.6 Å². The van der Waals surface area contributed by atoms with Crippen LogP contribution in [0.4, 0.5) is 10.1 Å². The average molecular weight is 353 g/mol. The molecule has 0 aliphatic heterocycles. The number of carbonyl (C=O) groups excluding carboxylic acids is 2. The van der Waals surface area contributed by atoms with E-state index < -0.39 is 17.6 Å². The second kappa shape index (κ2) is 5.90. The number of fused-ring (bicyclic) bond motifs is 1. The zero-order valence-corrected chi connectivity index (χ0v) is 13.0. The zero-order valence-electron chi connectivity index (χ0n) is 11.4. The molecule has 0 unspecified atom stereocenters. The van der Waals surface area contributed by atoms with E-state index in [0.717, 1.165) is 22.3 Å². The van der Waals surface area contributed by atoms with Gasteiger partial charge in [0.2, 0.25) is 0 Å². The van der Waals surface area contributed by atoms with Crippen molar-refractivity contribution >= 4 is 50.7 Å². The maximum atomic E-state index is 13.0. The van der Waals surface area contributed by atoms with Crippen molar-refractivity contribution in [2.45, 2.75) is 0 Å². The van der Waals surface area contributed by atoms with Crippen LogP contribution < -0.4 is 16.6 Å². The van der Waals surface area contributed by atoms with Crippen LogP contribution in [0, 0.1) is 5.82 Å². The number of rotatable bonds is 2. The van der Waals surface area contributed by atoms with E-state index in [1.807, 2.05) is 0 Å². The molecule has 0 bridgehead atoms. The second-order valence-corrected chi connectivity index (χ2v) is 6.37. The van der Waals surface area contributed by atoms with Crippen molar-refractivity contribution in [3.8, 4) is 0 Å². The van der Waals surface area contributed by atoms with E-state index in [0.29, 0.717) is 4.34 Å². The lowest BCUT2D eigenvalue weighted by atomic mass is 10.1. The van der Waals surface area contributed by atoms with Crippen LogP contribution in [0.3, 0.4) is 0 Å². The number of nitrogens with one attached hydrogen (secondary N) is 3. The van der Waals surface area contributed by atoms with Crippen LogP contribution in [-0.4, -0.2) is 16.8 Å². The van der Waals surface area contributed by atoms with Gasteiger partial charge in [-0.25, -0.2) is 4.39 Å². The maximum Gasteiger partial charge on any atom is 0.286 e. The number of H-pyrrole nitrogens is 1. The first kappa shape index (κ1) is 15.3. The van der Waals surface area contributed by atoms with E-state index in [1.165, 1.54) is 17.4 Å². The number of nitrogen functional groups attached to an aromatic ring is 1. The number of thiophene rings is 1. The lowest BCUT2D eigenvalue weighted by Crippen LogP contribution is -2.42. The number of amides is 2. The molecule has 118 valence electrons. The highest BCUT2D eigenvalue weighted by Crippen LogP contribution is 2.29. The number of anilines is 1. The van der Waals surface area contributed by atoms with E-state index in [2.05, 4.69) is 15.8 Å². The molecule has 6 nitrogen and oxygen atoms in total. The molecule has 2 amide bonds. The molecular formula is C14H10ClFN4O2S. The fourth-order valence-electron chi connectivity index (χ4n) is 2.00. The summed E-state index contributed by atoms with van der Waals surface area (Å²) in [5.41, 5.74) is 11.1. The SMILES string of the molecule is Nc1cc(F)ccc1C(=O)NNC(=O)c1cc2sc(Cl)cc2[nH]1. The highest BCUT2D eigenvalue weighted by molar-refractivity contribution is 7.22. The van der Waals surface area contributed by atoms with Gasteiger partial charge in [-0.15, -0.1) is 11.3 Å². The van der Waals surface area contributed by atoms with Crippen LogP contribution in [0.25, 0.3) is 10.2 Å². The Bertz CT molecular complexity index is 889. The summed E-state index contributed by atoms with van der Waals surface area (Å²) >= 11 is 7.18. The first-order valence-electron chi connectivity index (χ1n) is 6.38. The van der Waals surface area contributed by atoms with Crippen molar-refractivity contribution < 1.29 is 14.0 Å². The number of carbonyl (C=O) groups is 2. The van der Waals surface area contributed by atoms with Gasteiger partial charge in [0.15, 0.2) is 0 Å². The lowest BCUT2D eigenvalue weighted by Gasteiger charge is -2.08. The van der Waals surface area contributed by atoms with Crippen LogP contribution in [0.15, 0.2) is 30.3 Å². The van der Waals surface area contributed by atoms with E-state index in [1.54, 1.807) is 12.1 Å². The minimum absolute atomic E-state index is 0.0215. The van der Waals surface area contributed by atoms with Crippen molar-refractivity contribution in [1.82, 2.24) is 15.8 Å². The molecule has 23 heavy (non-hydrogen) atoms. The van der Waals surface area contributed by atoms with E-state index in [9.17, 15) is 14.0 Å². The van der Waals surface area contributed by atoms with Gasteiger partial charge in [-0.2, -0.15) is 0 Å². The van der Waals surface area contributed by atoms with Crippen LogP contribution >= 0.6 is 22.9 Å². The minimum atomic E-state index is -0.646. The molecular weight excluding hydrogens is 343 g/mol. The molecule has 0 saturated carbocycles. The van der Waals surface area contributed by atoms with Crippen molar-refractivity contribution in [2.24, 2.45) is 0 Å². The Morgan fingerprint density at radius 1 is 1.17 bits per heavy atom. The van der Waals surface area contributed by atoms with Crippen molar-refractivity contribution in [3.05, 3.63) is 51.7 Å². The van der Waals surface area contributed by atoms with Crippen LogP contribution in [0.5, 0.6) is 0 Å². The number of hydrazine groups is 1. The van der Waals surface area contributed by atoms with Gasteiger partial charge in [-0.3, -0.25) is 20.4 Å². The molecule has 3 rings (SSSR count). The molecule has 2 aromatic heterocycles. The fourth-order valence-corrected chi connectivity index (χ4v) is 3.14. The molecule has 0 aliphatic rings. The molecule has 2 heterocycles. The van der Waals surface area contributed by atoms with Gasteiger partial charge in [0.1, 0.15) is 11.5 Å². The predicted molar refractivity (Wildman–Crippen MR) is 86.9 cm³/mol. The summed E-state index contributed by atoms with van der Waals surface area (Å²) in [5, 5.41) is 0. The Kier molecular flexibility index (Phi) is 3.93. The third-order valence-corrected chi connectivity index (χ3v) is 4.28. The van der Waals surface area contributed by atoms with Gasteiger partial charge in [-0.05, 0) is 30.3 Å². The fraction of sp³-hybridized carbons (Fsp3) is 0. The molecule has 3 aromatic rings. The van der Waals surface area contributed by atoms with Gasteiger partial charge >= 0.3 is 0 Å². The zero-order chi connectivity index (χ0) is 16.6. The third-order valence-electron chi connectivity index (χ3n) is 3.07. The number of nitrogens with two attached hydrogens (primary N) is 1. The predicted octanol–water partition coefficient (Wildman–Crippen LogP) is 2.68. The summed E-state index contributed by atoms with van der Waals surface area (Å²) in [7, 11) is 0. The first-order valence-corrected chi connectivity index (χ1v) is 7.57. The standard InChI is InChI=1S/C14H10ClFN4O2S/c15-12-5-9-11(23-12)4-10(18-9)14(22)20-19-13(21)7-2-1-6(16)3-8(7)17/h1-5,18H,17H2,(H,19,21)(H,20,22). The Morgan fingerprint density at radius 3 is 2.61 bits per heavy atom. The highest BCUT2D eigenvalue weighted by Gasteiger charge is 2.14. The number of aromatic nitrogens is 1. The number of hydrogen-bond acceptors (Lipinski definition) is 4. The van der Waals surface area contributed by atoms with Crippen molar-refractivity contribution in [3.63, 3.8) is 0 Å². The van der Waals surface area contributed by atoms with Gasteiger partial charge in [0, 0.05) is 5.69 Å². The molecule has 0 aliphatic carbocycles. The van der Waals surface area contributed by atoms with Crippen molar-refractivity contribution in [2.75, 3.05) is 5.73 Å². The molecule has 9 heteroatoms. The molecule has 5 N–H and O–H groups in total. The lowest BCUT2D eigenvalue weighted by molar-refractivity contribution is 0.0845. The molecule has 0 fully saturated rings. The number of aromatic amines is 1. The monoisotopic (exact) mass is 352 g/mol. The number of hydrogen-bond donors (Lipinski definition) is 4. The largest absolute Gasteiger partial charge is 0.398 e. The van der Waals surface area contributed by atoms with E-state index in [-0.39, 0.29) is 16.9 Å². The summed E-state index contributed by atoms with van der Waals surface area (Å²) in [6.45, 7) is 0. The van der Waals surface area contributed by atoms with Crippen LogP contribution in [0.2, 0.25) is 4.34 Å². The molecule has 0 radical (unpaired) electrons. The molecule has 1 aromatic carbocycles. The summed E-state index contributed by atoms with van der Waals surface area (Å²) < 4.78 is 14.4.